The summed E-state index contributed by atoms with van der Waals surface area (Å²) in [5.41, 5.74) is 0.281. The largest absolute Gasteiger partial charge is 0.350 e. The van der Waals surface area contributed by atoms with Gasteiger partial charge in [-0.2, -0.15) is 0 Å². The first-order chi connectivity index (χ1) is 9.97. The van der Waals surface area contributed by atoms with Gasteiger partial charge in [0.25, 0.3) is 5.91 Å². The van der Waals surface area contributed by atoms with Crippen LogP contribution in [0.3, 0.4) is 0 Å². The van der Waals surface area contributed by atoms with Gasteiger partial charge in [0, 0.05) is 12.5 Å². The Morgan fingerprint density at radius 1 is 1.48 bits per heavy atom. The molecule has 1 aromatic rings. The third-order valence-corrected chi connectivity index (χ3v) is 4.16. The first kappa shape index (κ1) is 16.2. The van der Waals surface area contributed by atoms with Gasteiger partial charge in [-0.15, -0.1) is 0 Å². The van der Waals surface area contributed by atoms with E-state index < -0.39 is 0 Å². The van der Waals surface area contributed by atoms with E-state index in [0.29, 0.717) is 23.3 Å². The van der Waals surface area contributed by atoms with Gasteiger partial charge in [-0.3, -0.25) is 4.79 Å². The second kappa shape index (κ2) is 7.18. The number of hydrogen-bond donors (Lipinski definition) is 1. The van der Waals surface area contributed by atoms with Crippen LogP contribution in [0.4, 0.5) is 0 Å². The smallest absolute Gasteiger partial charge is 0.271 e. The van der Waals surface area contributed by atoms with E-state index in [0.717, 1.165) is 25.9 Å². The fourth-order valence-corrected chi connectivity index (χ4v) is 2.58. The van der Waals surface area contributed by atoms with Crippen LogP contribution in [0.5, 0.6) is 0 Å². The predicted octanol–water partition coefficient (Wildman–Crippen LogP) is 2.33. The average molecular weight is 311 g/mol. The van der Waals surface area contributed by atoms with E-state index in [9.17, 15) is 4.79 Å². The van der Waals surface area contributed by atoms with Gasteiger partial charge in [0.2, 0.25) is 0 Å². The van der Waals surface area contributed by atoms with Crippen molar-refractivity contribution in [3.63, 3.8) is 0 Å². The average Bonchev–Trinajstić information content (AvgIpc) is 2.46. The number of aromatic nitrogens is 2. The summed E-state index contributed by atoms with van der Waals surface area (Å²) in [6.07, 6.45) is 3.74. The van der Waals surface area contributed by atoms with Crippen molar-refractivity contribution in [3.05, 3.63) is 22.7 Å². The zero-order valence-electron chi connectivity index (χ0n) is 12.9. The fraction of sp³-hybridized carbons (Fsp3) is 0.667. The summed E-state index contributed by atoms with van der Waals surface area (Å²) in [6.45, 7) is 6.84. The van der Waals surface area contributed by atoms with Gasteiger partial charge in [-0.1, -0.05) is 25.4 Å². The van der Waals surface area contributed by atoms with Gasteiger partial charge in [-0.25, -0.2) is 9.97 Å². The Balaban J connectivity index is 1.95. The van der Waals surface area contributed by atoms with Gasteiger partial charge >= 0.3 is 0 Å². The normalized spacial score (nSPS) is 17.2. The molecule has 21 heavy (non-hydrogen) atoms. The van der Waals surface area contributed by atoms with Gasteiger partial charge in [0.15, 0.2) is 0 Å². The first-order valence-corrected chi connectivity index (χ1v) is 7.84. The maximum Gasteiger partial charge on any atom is 0.271 e. The third-order valence-electron chi connectivity index (χ3n) is 3.88. The molecule has 1 saturated heterocycles. The predicted molar refractivity (Wildman–Crippen MR) is 83.7 cm³/mol. The number of likely N-dealkylation sites (tertiary alicyclic amines) is 1. The van der Waals surface area contributed by atoms with Crippen LogP contribution in [0.25, 0.3) is 0 Å². The summed E-state index contributed by atoms with van der Waals surface area (Å²) in [4.78, 5) is 23.0. The standard InChI is InChI=1S/C15H23ClN4O/c1-10(2)14-17-9-12(16)13(19-14)15(21)18-8-11-4-6-20(3)7-5-11/h9-11H,4-8H2,1-3H3,(H,18,21). The molecule has 1 fully saturated rings. The number of amides is 1. The number of rotatable bonds is 4. The summed E-state index contributed by atoms with van der Waals surface area (Å²) in [7, 11) is 2.13. The lowest BCUT2D eigenvalue weighted by Gasteiger charge is -2.28. The van der Waals surface area contributed by atoms with Crippen molar-refractivity contribution in [2.75, 3.05) is 26.7 Å². The van der Waals surface area contributed by atoms with Crippen LogP contribution < -0.4 is 5.32 Å². The van der Waals surface area contributed by atoms with E-state index >= 15 is 0 Å². The Morgan fingerprint density at radius 2 is 2.14 bits per heavy atom. The minimum atomic E-state index is -0.205. The van der Waals surface area contributed by atoms with Gasteiger partial charge in [-0.05, 0) is 38.9 Å². The van der Waals surface area contributed by atoms with Crippen LogP contribution in [0.2, 0.25) is 5.02 Å². The lowest BCUT2D eigenvalue weighted by molar-refractivity contribution is 0.0933. The summed E-state index contributed by atoms with van der Waals surface area (Å²) >= 11 is 6.04. The maximum absolute atomic E-state index is 12.3. The molecule has 5 nitrogen and oxygen atoms in total. The maximum atomic E-state index is 12.3. The number of nitrogens with one attached hydrogen (secondary N) is 1. The molecule has 0 radical (unpaired) electrons. The van der Waals surface area contributed by atoms with E-state index in [-0.39, 0.29) is 17.5 Å². The van der Waals surface area contributed by atoms with Crippen molar-refractivity contribution in [1.29, 1.82) is 0 Å². The first-order valence-electron chi connectivity index (χ1n) is 7.46. The number of carbonyl (C=O) groups is 1. The van der Waals surface area contributed by atoms with E-state index in [1.807, 2.05) is 13.8 Å². The topological polar surface area (TPSA) is 58.1 Å². The number of hydrogen-bond acceptors (Lipinski definition) is 4. The van der Waals surface area contributed by atoms with Crippen molar-refractivity contribution < 1.29 is 4.79 Å². The van der Waals surface area contributed by atoms with Crippen molar-refractivity contribution >= 4 is 17.5 Å². The molecule has 0 bridgehead atoms. The summed E-state index contributed by atoms with van der Waals surface area (Å²) in [5, 5.41) is 3.26. The highest BCUT2D eigenvalue weighted by Gasteiger charge is 2.19. The molecule has 0 unspecified atom stereocenters. The van der Waals surface area contributed by atoms with Crippen LogP contribution in [0.1, 0.15) is 48.9 Å². The highest BCUT2D eigenvalue weighted by atomic mass is 35.5. The second-order valence-electron chi connectivity index (χ2n) is 6.04. The Kier molecular flexibility index (Phi) is 5.53. The summed E-state index contributed by atoms with van der Waals surface area (Å²) in [6, 6.07) is 0. The highest BCUT2D eigenvalue weighted by molar-refractivity contribution is 6.33. The minimum Gasteiger partial charge on any atom is -0.350 e. The molecule has 0 saturated carbocycles. The Labute approximate surface area is 131 Å². The van der Waals surface area contributed by atoms with Gasteiger partial charge in [0.1, 0.15) is 11.5 Å². The summed E-state index contributed by atoms with van der Waals surface area (Å²) in [5.74, 6) is 1.14. The van der Waals surface area contributed by atoms with E-state index in [1.165, 1.54) is 6.20 Å². The molecule has 1 aromatic heterocycles. The molecule has 1 N–H and O–H groups in total. The van der Waals surface area contributed by atoms with Crippen molar-refractivity contribution in [2.45, 2.75) is 32.6 Å². The van der Waals surface area contributed by atoms with Crippen LogP contribution >= 0.6 is 11.6 Å². The number of carbonyl (C=O) groups excluding carboxylic acids is 1. The zero-order chi connectivity index (χ0) is 15.4. The molecule has 1 aliphatic heterocycles. The van der Waals surface area contributed by atoms with Crippen LogP contribution in [-0.2, 0) is 0 Å². The van der Waals surface area contributed by atoms with Crippen LogP contribution in [0, 0.1) is 5.92 Å². The highest BCUT2D eigenvalue weighted by Crippen LogP contribution is 2.18. The summed E-state index contributed by atoms with van der Waals surface area (Å²) < 4.78 is 0. The Hall–Kier alpha value is -1.20. The lowest BCUT2D eigenvalue weighted by Crippen LogP contribution is -2.37. The molecule has 2 heterocycles. The van der Waals surface area contributed by atoms with E-state index in [2.05, 4.69) is 27.2 Å². The Morgan fingerprint density at radius 3 is 2.76 bits per heavy atom. The quantitative estimate of drug-likeness (QED) is 0.927. The molecule has 116 valence electrons. The number of nitrogens with zero attached hydrogens (tertiary/aromatic N) is 3. The molecule has 6 heteroatoms. The minimum absolute atomic E-state index is 0.169. The van der Waals surface area contributed by atoms with Crippen LogP contribution in [0.15, 0.2) is 6.20 Å². The number of piperidine rings is 1. The monoisotopic (exact) mass is 310 g/mol. The van der Waals surface area contributed by atoms with Gasteiger partial charge < -0.3 is 10.2 Å². The van der Waals surface area contributed by atoms with Crippen molar-refractivity contribution in [1.82, 2.24) is 20.2 Å². The third kappa shape index (κ3) is 4.38. The van der Waals surface area contributed by atoms with Crippen LogP contribution in [-0.4, -0.2) is 47.5 Å². The molecule has 1 aliphatic rings. The molecular formula is C15H23ClN4O. The number of halogens is 1. The molecule has 0 aromatic carbocycles. The molecular weight excluding hydrogens is 288 g/mol. The van der Waals surface area contributed by atoms with Crippen molar-refractivity contribution in [3.8, 4) is 0 Å². The van der Waals surface area contributed by atoms with Crippen molar-refractivity contribution in [2.24, 2.45) is 5.92 Å². The zero-order valence-corrected chi connectivity index (χ0v) is 13.7. The molecule has 1 amide bonds. The lowest BCUT2D eigenvalue weighted by atomic mass is 9.97. The molecule has 0 aliphatic carbocycles. The van der Waals surface area contributed by atoms with E-state index in [4.69, 9.17) is 11.6 Å². The molecule has 0 spiro atoms. The fourth-order valence-electron chi connectivity index (χ4n) is 2.41. The Bertz CT molecular complexity index is 498. The van der Waals surface area contributed by atoms with Gasteiger partial charge in [0.05, 0.1) is 11.2 Å². The SMILES string of the molecule is CC(C)c1ncc(Cl)c(C(=O)NCC2CCN(C)CC2)n1. The molecule has 0 atom stereocenters. The molecule has 2 rings (SSSR count). The second-order valence-corrected chi connectivity index (χ2v) is 6.44. The van der Waals surface area contributed by atoms with E-state index in [1.54, 1.807) is 0 Å².